The van der Waals surface area contributed by atoms with E-state index in [1.165, 1.54) is 24.3 Å². The second-order valence-electron chi connectivity index (χ2n) is 3.52. The molecule has 0 radical (unpaired) electrons. The Kier molecular flexibility index (Phi) is 3.77. The summed E-state index contributed by atoms with van der Waals surface area (Å²) in [7, 11) is 0. The van der Waals surface area contributed by atoms with E-state index in [2.05, 4.69) is 0 Å². The predicted molar refractivity (Wildman–Crippen MR) is 51.8 cm³/mol. The van der Waals surface area contributed by atoms with Crippen LogP contribution in [-0.4, -0.2) is 28.5 Å². The van der Waals surface area contributed by atoms with Crippen LogP contribution >= 0.6 is 0 Å². The average Bonchev–Trinajstić information content (AvgIpc) is 2.19. The lowest BCUT2D eigenvalue weighted by Crippen LogP contribution is -2.46. The van der Waals surface area contributed by atoms with E-state index in [0.717, 1.165) is 0 Å². The normalized spacial score (nSPS) is 15.8. The van der Waals surface area contributed by atoms with Gasteiger partial charge in [0.25, 0.3) is 0 Å². The minimum Gasteiger partial charge on any atom is -0.508 e. The summed E-state index contributed by atoms with van der Waals surface area (Å²) in [5.74, 6) is 0.0219. The number of benzene rings is 1. The van der Waals surface area contributed by atoms with Crippen molar-refractivity contribution in [1.29, 1.82) is 0 Å². The molecule has 0 fully saturated rings. The Morgan fingerprint density at radius 2 is 1.69 bits per heavy atom. The van der Waals surface area contributed by atoms with Crippen LogP contribution in [0.25, 0.3) is 0 Å². The van der Waals surface area contributed by atoms with Crippen molar-refractivity contribution >= 4 is 0 Å². The molecule has 0 aliphatic rings. The van der Waals surface area contributed by atoms with Gasteiger partial charge < -0.3 is 15.9 Å². The lowest BCUT2D eigenvalue weighted by Gasteiger charge is -2.21. The van der Waals surface area contributed by atoms with Crippen LogP contribution in [0.4, 0.5) is 13.2 Å². The molecule has 0 heterocycles. The first kappa shape index (κ1) is 12.8. The topological polar surface area (TPSA) is 66.5 Å². The van der Waals surface area contributed by atoms with Gasteiger partial charge in [-0.2, -0.15) is 13.2 Å². The van der Waals surface area contributed by atoms with Gasteiger partial charge in [-0.1, -0.05) is 12.1 Å². The summed E-state index contributed by atoms with van der Waals surface area (Å²) < 4.78 is 36.3. The Morgan fingerprint density at radius 1 is 1.19 bits per heavy atom. The van der Waals surface area contributed by atoms with E-state index in [0.29, 0.717) is 5.56 Å². The van der Waals surface area contributed by atoms with E-state index in [9.17, 15) is 13.2 Å². The lowest BCUT2D eigenvalue weighted by atomic mass is 10.0. The first-order chi connectivity index (χ1) is 7.30. The third kappa shape index (κ3) is 3.39. The number of phenolic OH excluding ortho intramolecular Hbond substituents is 1. The van der Waals surface area contributed by atoms with Gasteiger partial charge in [-0.15, -0.1) is 0 Å². The van der Waals surface area contributed by atoms with Crippen molar-refractivity contribution in [3.63, 3.8) is 0 Å². The zero-order valence-electron chi connectivity index (χ0n) is 8.28. The van der Waals surface area contributed by atoms with Gasteiger partial charge in [0.15, 0.2) is 6.10 Å². The number of phenols is 1. The van der Waals surface area contributed by atoms with Crippen LogP contribution in [0.3, 0.4) is 0 Å². The van der Waals surface area contributed by atoms with Crippen LogP contribution in [0.1, 0.15) is 5.56 Å². The number of nitrogens with two attached hydrogens (primary N) is 1. The van der Waals surface area contributed by atoms with Crippen LogP contribution in [0.15, 0.2) is 24.3 Å². The molecule has 6 heteroatoms. The zero-order chi connectivity index (χ0) is 12.3. The molecule has 1 aromatic rings. The van der Waals surface area contributed by atoms with Crippen LogP contribution in [-0.2, 0) is 6.42 Å². The SMILES string of the molecule is NC(Cc1ccc(O)cc1)C(O)C(F)(F)F. The van der Waals surface area contributed by atoms with Gasteiger partial charge in [-0.3, -0.25) is 0 Å². The summed E-state index contributed by atoms with van der Waals surface area (Å²) >= 11 is 0. The fraction of sp³-hybridized carbons (Fsp3) is 0.400. The highest BCUT2D eigenvalue weighted by Gasteiger charge is 2.41. The van der Waals surface area contributed by atoms with Crippen molar-refractivity contribution in [3.8, 4) is 5.75 Å². The first-order valence-corrected chi connectivity index (χ1v) is 4.59. The van der Waals surface area contributed by atoms with E-state index in [4.69, 9.17) is 15.9 Å². The van der Waals surface area contributed by atoms with Crippen molar-refractivity contribution in [2.24, 2.45) is 5.73 Å². The Labute approximate surface area is 90.3 Å². The Morgan fingerprint density at radius 3 is 2.12 bits per heavy atom. The van der Waals surface area contributed by atoms with Crippen LogP contribution in [0.5, 0.6) is 5.75 Å². The molecule has 16 heavy (non-hydrogen) atoms. The Balaban J connectivity index is 2.64. The van der Waals surface area contributed by atoms with Crippen molar-refractivity contribution in [3.05, 3.63) is 29.8 Å². The van der Waals surface area contributed by atoms with E-state index in [1.54, 1.807) is 0 Å². The third-order valence-electron chi connectivity index (χ3n) is 2.15. The fourth-order valence-corrected chi connectivity index (χ4v) is 1.26. The van der Waals surface area contributed by atoms with Gasteiger partial charge >= 0.3 is 6.18 Å². The van der Waals surface area contributed by atoms with Crippen molar-refractivity contribution in [1.82, 2.24) is 0 Å². The minimum absolute atomic E-state index is 0.0219. The molecule has 1 rings (SSSR count). The number of aliphatic hydroxyl groups is 1. The molecule has 0 aromatic heterocycles. The standard InChI is InChI=1S/C10H12F3NO2/c11-10(12,13)9(16)8(14)5-6-1-3-7(15)4-2-6/h1-4,8-9,15-16H,5,14H2. The number of hydrogen-bond donors (Lipinski definition) is 3. The van der Waals surface area contributed by atoms with Gasteiger partial charge in [0, 0.05) is 6.04 Å². The minimum atomic E-state index is -4.71. The van der Waals surface area contributed by atoms with E-state index < -0.39 is 18.3 Å². The van der Waals surface area contributed by atoms with Crippen molar-refractivity contribution in [2.45, 2.75) is 24.7 Å². The van der Waals surface area contributed by atoms with Crippen LogP contribution < -0.4 is 5.73 Å². The molecule has 0 aliphatic carbocycles. The summed E-state index contributed by atoms with van der Waals surface area (Å²) in [5, 5.41) is 17.8. The van der Waals surface area contributed by atoms with E-state index in [-0.39, 0.29) is 12.2 Å². The first-order valence-electron chi connectivity index (χ1n) is 4.59. The number of halogens is 3. The fourth-order valence-electron chi connectivity index (χ4n) is 1.26. The average molecular weight is 235 g/mol. The van der Waals surface area contributed by atoms with Crippen molar-refractivity contribution in [2.75, 3.05) is 0 Å². The predicted octanol–water partition coefficient (Wildman–Crippen LogP) is 1.19. The highest BCUT2D eigenvalue weighted by atomic mass is 19.4. The second kappa shape index (κ2) is 4.71. The molecule has 0 spiro atoms. The second-order valence-corrected chi connectivity index (χ2v) is 3.52. The third-order valence-corrected chi connectivity index (χ3v) is 2.15. The smallest absolute Gasteiger partial charge is 0.415 e. The van der Waals surface area contributed by atoms with E-state index >= 15 is 0 Å². The monoisotopic (exact) mass is 235 g/mol. The highest BCUT2D eigenvalue weighted by molar-refractivity contribution is 5.26. The van der Waals surface area contributed by atoms with Crippen LogP contribution in [0.2, 0.25) is 0 Å². The molecular formula is C10H12F3NO2. The van der Waals surface area contributed by atoms with Crippen molar-refractivity contribution < 1.29 is 23.4 Å². The molecule has 0 saturated carbocycles. The molecular weight excluding hydrogens is 223 g/mol. The molecule has 1 aromatic carbocycles. The van der Waals surface area contributed by atoms with Gasteiger partial charge in [0.2, 0.25) is 0 Å². The van der Waals surface area contributed by atoms with Gasteiger partial charge in [0.05, 0.1) is 0 Å². The molecule has 2 unspecified atom stereocenters. The molecule has 4 N–H and O–H groups in total. The number of hydrogen-bond acceptors (Lipinski definition) is 3. The molecule has 2 atom stereocenters. The maximum absolute atomic E-state index is 12.1. The largest absolute Gasteiger partial charge is 0.508 e. The maximum atomic E-state index is 12.1. The van der Waals surface area contributed by atoms with Gasteiger partial charge in [0.1, 0.15) is 5.75 Å². The Hall–Kier alpha value is -1.27. The maximum Gasteiger partial charge on any atom is 0.415 e. The molecule has 90 valence electrons. The summed E-state index contributed by atoms with van der Waals surface area (Å²) in [5.41, 5.74) is 5.76. The van der Waals surface area contributed by atoms with Crippen LogP contribution in [0, 0.1) is 0 Å². The molecule has 0 amide bonds. The van der Waals surface area contributed by atoms with Gasteiger partial charge in [-0.05, 0) is 24.1 Å². The summed E-state index contributed by atoms with van der Waals surface area (Å²) in [4.78, 5) is 0. The van der Waals surface area contributed by atoms with E-state index in [1.807, 2.05) is 0 Å². The Bertz CT molecular complexity index is 337. The molecule has 0 saturated heterocycles. The number of alkyl halides is 3. The lowest BCUT2D eigenvalue weighted by molar-refractivity contribution is -0.209. The number of aromatic hydroxyl groups is 1. The highest BCUT2D eigenvalue weighted by Crippen LogP contribution is 2.23. The summed E-state index contributed by atoms with van der Waals surface area (Å²) in [6.07, 6.45) is -7.36. The molecule has 0 aliphatic heterocycles. The summed E-state index contributed by atoms with van der Waals surface area (Å²) in [6.45, 7) is 0. The number of rotatable bonds is 3. The summed E-state index contributed by atoms with van der Waals surface area (Å²) in [6, 6.07) is 4.20. The molecule has 3 nitrogen and oxygen atoms in total. The number of aliphatic hydroxyl groups excluding tert-OH is 1. The molecule has 0 bridgehead atoms. The quantitative estimate of drug-likeness (QED) is 0.737. The zero-order valence-corrected chi connectivity index (χ0v) is 8.28. The van der Waals surface area contributed by atoms with Gasteiger partial charge in [-0.25, -0.2) is 0 Å².